The highest BCUT2D eigenvalue weighted by molar-refractivity contribution is 8.93. The summed E-state index contributed by atoms with van der Waals surface area (Å²) in [4.78, 5) is 2.39. The number of benzene rings is 2. The van der Waals surface area contributed by atoms with Gasteiger partial charge in [-0.3, -0.25) is 4.90 Å². The second-order valence-corrected chi connectivity index (χ2v) is 5.80. The monoisotopic (exact) mass is 347 g/mol. The van der Waals surface area contributed by atoms with Crippen LogP contribution in [-0.4, -0.2) is 28.7 Å². The predicted octanol–water partition coefficient (Wildman–Crippen LogP) is 3.43. The largest absolute Gasteiger partial charge is 0.504 e. The topological polar surface area (TPSA) is 43.7 Å². The van der Waals surface area contributed by atoms with Gasteiger partial charge in [0, 0.05) is 18.2 Å². The molecule has 1 atom stereocenters. The number of nitrogens with zero attached hydrogens (tertiary/aromatic N) is 1. The molecule has 2 aliphatic rings. The first-order chi connectivity index (χ1) is 9.66. The van der Waals surface area contributed by atoms with Crippen LogP contribution in [0.5, 0.6) is 11.5 Å². The number of phenolic OH excluding ortho intramolecular Hbond substituents is 2. The average molecular weight is 348 g/mol. The van der Waals surface area contributed by atoms with E-state index in [0.717, 1.165) is 36.1 Å². The number of phenols is 2. The van der Waals surface area contributed by atoms with E-state index >= 15 is 0 Å². The number of hydrogen-bond donors (Lipinski definition) is 2. The standard InChI is InChI=1S/C17H17NO2.BrH/c1-18-8-7-10-3-2-4-12-15(10)13(18)9-11-5-6-14(19)17(20)16(11)12;/h2-6,13,19-20H,7-9H2,1H3;1H/t13-;/m1./s1. The molecule has 0 unspecified atom stereocenters. The molecular weight excluding hydrogens is 330 g/mol. The molecule has 0 saturated carbocycles. The summed E-state index contributed by atoms with van der Waals surface area (Å²) in [7, 11) is 2.16. The lowest BCUT2D eigenvalue weighted by Crippen LogP contribution is -2.35. The summed E-state index contributed by atoms with van der Waals surface area (Å²) in [5.41, 5.74) is 5.71. The van der Waals surface area contributed by atoms with Crippen molar-refractivity contribution in [2.24, 2.45) is 0 Å². The van der Waals surface area contributed by atoms with Gasteiger partial charge in [0.2, 0.25) is 0 Å². The summed E-state index contributed by atoms with van der Waals surface area (Å²) in [6.07, 6.45) is 1.94. The lowest BCUT2D eigenvalue weighted by Gasteiger charge is -2.39. The third-order valence-corrected chi connectivity index (χ3v) is 4.72. The van der Waals surface area contributed by atoms with E-state index in [0.29, 0.717) is 6.04 Å². The predicted molar refractivity (Wildman–Crippen MR) is 88.3 cm³/mol. The van der Waals surface area contributed by atoms with Gasteiger partial charge in [-0.15, -0.1) is 17.0 Å². The fourth-order valence-corrected chi connectivity index (χ4v) is 3.67. The lowest BCUT2D eigenvalue weighted by molar-refractivity contribution is 0.228. The zero-order valence-electron chi connectivity index (χ0n) is 11.8. The molecule has 110 valence electrons. The second-order valence-electron chi connectivity index (χ2n) is 5.80. The van der Waals surface area contributed by atoms with Crippen LogP contribution in [0.2, 0.25) is 0 Å². The third-order valence-electron chi connectivity index (χ3n) is 4.72. The molecule has 1 aliphatic heterocycles. The zero-order valence-corrected chi connectivity index (χ0v) is 13.5. The van der Waals surface area contributed by atoms with E-state index in [-0.39, 0.29) is 28.5 Å². The highest BCUT2D eigenvalue weighted by atomic mass is 79.9. The quantitative estimate of drug-likeness (QED) is 0.717. The van der Waals surface area contributed by atoms with Crippen molar-refractivity contribution in [2.75, 3.05) is 13.6 Å². The van der Waals surface area contributed by atoms with E-state index in [1.807, 2.05) is 6.07 Å². The van der Waals surface area contributed by atoms with E-state index in [1.165, 1.54) is 11.1 Å². The third kappa shape index (κ3) is 1.97. The van der Waals surface area contributed by atoms with Crippen molar-refractivity contribution in [1.82, 2.24) is 4.90 Å². The van der Waals surface area contributed by atoms with Crippen molar-refractivity contribution in [3.8, 4) is 22.6 Å². The summed E-state index contributed by atoms with van der Waals surface area (Å²) in [6, 6.07) is 10.2. The maximum absolute atomic E-state index is 10.3. The van der Waals surface area contributed by atoms with Gasteiger partial charge in [-0.05, 0) is 48.2 Å². The Labute approximate surface area is 134 Å². The fourth-order valence-electron chi connectivity index (χ4n) is 3.67. The van der Waals surface area contributed by atoms with Crippen molar-refractivity contribution in [3.05, 3.63) is 47.0 Å². The molecule has 4 rings (SSSR count). The number of fused-ring (bicyclic) bond motifs is 2. The minimum atomic E-state index is -0.0380. The number of hydrogen-bond acceptors (Lipinski definition) is 3. The molecule has 4 heteroatoms. The van der Waals surface area contributed by atoms with Gasteiger partial charge >= 0.3 is 0 Å². The van der Waals surface area contributed by atoms with Gasteiger partial charge in [-0.1, -0.05) is 24.3 Å². The van der Waals surface area contributed by atoms with Crippen LogP contribution in [0.15, 0.2) is 30.3 Å². The molecule has 2 aromatic rings. The van der Waals surface area contributed by atoms with Gasteiger partial charge in [-0.25, -0.2) is 0 Å². The molecule has 0 saturated heterocycles. The summed E-state index contributed by atoms with van der Waals surface area (Å²) in [5.74, 6) is -0.0217. The number of halogens is 1. The first-order valence-corrected chi connectivity index (χ1v) is 7.03. The molecule has 0 spiro atoms. The molecule has 21 heavy (non-hydrogen) atoms. The lowest BCUT2D eigenvalue weighted by atomic mass is 9.77. The zero-order chi connectivity index (χ0) is 13.9. The van der Waals surface area contributed by atoms with Crippen LogP contribution < -0.4 is 0 Å². The molecule has 2 aromatic carbocycles. The molecule has 1 aliphatic carbocycles. The van der Waals surface area contributed by atoms with Gasteiger partial charge in [0.05, 0.1) is 0 Å². The molecule has 0 bridgehead atoms. The normalized spacial score (nSPS) is 19.4. The first-order valence-electron chi connectivity index (χ1n) is 7.03. The maximum atomic E-state index is 10.3. The minimum Gasteiger partial charge on any atom is -0.504 e. The molecule has 0 aromatic heterocycles. The van der Waals surface area contributed by atoms with Crippen LogP contribution in [0.25, 0.3) is 11.1 Å². The van der Waals surface area contributed by atoms with Gasteiger partial charge < -0.3 is 10.2 Å². The molecule has 2 N–H and O–H groups in total. The molecule has 3 nitrogen and oxygen atoms in total. The average Bonchev–Trinajstić information content (AvgIpc) is 2.46. The number of aromatic hydroxyl groups is 2. The molecule has 1 heterocycles. The first kappa shape index (κ1) is 14.4. The number of rotatable bonds is 0. The fraction of sp³-hybridized carbons (Fsp3) is 0.294. The SMILES string of the molecule is Br.CN1CCc2cccc3c2[C@H]1Cc1ccc(O)c(O)c1-3. The van der Waals surface area contributed by atoms with Crippen molar-refractivity contribution in [3.63, 3.8) is 0 Å². The van der Waals surface area contributed by atoms with Gasteiger partial charge in [-0.2, -0.15) is 0 Å². The maximum Gasteiger partial charge on any atom is 0.165 e. The Morgan fingerprint density at radius 3 is 2.71 bits per heavy atom. The summed E-state index contributed by atoms with van der Waals surface area (Å²) < 4.78 is 0. The van der Waals surface area contributed by atoms with Crippen molar-refractivity contribution in [1.29, 1.82) is 0 Å². The van der Waals surface area contributed by atoms with Gasteiger partial charge in [0.1, 0.15) is 0 Å². The van der Waals surface area contributed by atoms with E-state index in [2.05, 4.69) is 30.1 Å². The van der Waals surface area contributed by atoms with Crippen LogP contribution in [0, 0.1) is 0 Å². The minimum absolute atomic E-state index is 0. The van der Waals surface area contributed by atoms with Crippen LogP contribution in [0.3, 0.4) is 0 Å². The number of likely N-dealkylation sites (N-methyl/N-ethyl adjacent to an activating group) is 1. The summed E-state index contributed by atoms with van der Waals surface area (Å²) in [5, 5.41) is 20.1. The Bertz CT molecular complexity index is 714. The van der Waals surface area contributed by atoms with E-state index < -0.39 is 0 Å². The van der Waals surface area contributed by atoms with Gasteiger partial charge in [0.15, 0.2) is 11.5 Å². The molecular formula is C17H18BrNO2. The van der Waals surface area contributed by atoms with Crippen LogP contribution in [-0.2, 0) is 12.8 Å². The summed E-state index contributed by atoms with van der Waals surface area (Å²) >= 11 is 0. The van der Waals surface area contributed by atoms with E-state index in [9.17, 15) is 10.2 Å². The van der Waals surface area contributed by atoms with Crippen molar-refractivity contribution < 1.29 is 10.2 Å². The Morgan fingerprint density at radius 1 is 1.10 bits per heavy atom. The van der Waals surface area contributed by atoms with Crippen molar-refractivity contribution >= 4 is 17.0 Å². The molecule has 0 radical (unpaired) electrons. The molecule has 0 fully saturated rings. The van der Waals surface area contributed by atoms with Crippen LogP contribution >= 0.6 is 17.0 Å². The summed E-state index contributed by atoms with van der Waals surface area (Å²) in [6.45, 7) is 1.07. The Kier molecular flexibility index (Phi) is 3.46. The van der Waals surface area contributed by atoms with E-state index in [1.54, 1.807) is 6.07 Å². The highest BCUT2D eigenvalue weighted by Gasteiger charge is 2.33. The van der Waals surface area contributed by atoms with Crippen LogP contribution in [0.4, 0.5) is 0 Å². The Morgan fingerprint density at radius 2 is 1.90 bits per heavy atom. The van der Waals surface area contributed by atoms with Gasteiger partial charge in [0.25, 0.3) is 0 Å². The van der Waals surface area contributed by atoms with E-state index in [4.69, 9.17) is 0 Å². The smallest absolute Gasteiger partial charge is 0.165 e. The highest BCUT2D eigenvalue weighted by Crippen LogP contribution is 2.49. The van der Waals surface area contributed by atoms with Crippen LogP contribution in [0.1, 0.15) is 22.7 Å². The Hall–Kier alpha value is -1.52. The Balaban J connectivity index is 0.00000132. The molecule has 0 amide bonds. The second kappa shape index (κ2) is 5.04. The van der Waals surface area contributed by atoms with Crippen molar-refractivity contribution in [2.45, 2.75) is 18.9 Å².